The zero-order valence-corrected chi connectivity index (χ0v) is 12.1. The molecule has 1 unspecified atom stereocenters. The largest absolute Gasteiger partial charge is 0.377 e. The van der Waals surface area contributed by atoms with Crippen molar-refractivity contribution in [3.05, 3.63) is 52.8 Å². The highest BCUT2D eigenvalue weighted by molar-refractivity contribution is 7.18. The van der Waals surface area contributed by atoms with Gasteiger partial charge in [0.1, 0.15) is 0 Å². The Morgan fingerprint density at radius 1 is 1.30 bits per heavy atom. The second-order valence-corrected chi connectivity index (χ2v) is 6.43. The molecule has 0 saturated carbocycles. The Morgan fingerprint density at radius 3 is 3.20 bits per heavy atom. The summed E-state index contributed by atoms with van der Waals surface area (Å²) in [6.07, 6.45) is 4.11. The van der Waals surface area contributed by atoms with Gasteiger partial charge in [-0.3, -0.25) is 4.98 Å². The average molecular weight is 281 g/mol. The van der Waals surface area contributed by atoms with Crippen LogP contribution in [0.4, 0.5) is 5.69 Å². The van der Waals surface area contributed by atoms with Crippen LogP contribution in [-0.2, 0) is 6.42 Å². The van der Waals surface area contributed by atoms with Crippen LogP contribution in [0.5, 0.6) is 0 Å². The normalized spacial score (nSPS) is 17.4. The molecule has 4 rings (SSSR count). The summed E-state index contributed by atoms with van der Waals surface area (Å²) < 4.78 is 1.24. The van der Waals surface area contributed by atoms with E-state index in [-0.39, 0.29) is 0 Å². The van der Waals surface area contributed by atoms with E-state index in [1.165, 1.54) is 16.0 Å². The van der Waals surface area contributed by atoms with Crippen LogP contribution in [0, 0.1) is 6.92 Å². The Bertz CT molecular complexity index is 778. The third-order valence-corrected chi connectivity index (χ3v) is 4.73. The predicted molar refractivity (Wildman–Crippen MR) is 83.3 cm³/mol. The lowest BCUT2D eigenvalue weighted by molar-refractivity contribution is 0.746. The van der Waals surface area contributed by atoms with E-state index in [2.05, 4.69) is 46.5 Å². The summed E-state index contributed by atoms with van der Waals surface area (Å²) in [7, 11) is 0. The second-order valence-electron chi connectivity index (χ2n) is 5.20. The molecule has 1 atom stereocenters. The van der Waals surface area contributed by atoms with Crippen LogP contribution < -0.4 is 5.32 Å². The summed E-state index contributed by atoms with van der Waals surface area (Å²) in [6.45, 7) is 2.05. The SMILES string of the molecule is Cc1nc2ccc(NC3CCc4cccnc43)cc2s1. The van der Waals surface area contributed by atoms with E-state index < -0.39 is 0 Å². The molecule has 0 fully saturated rings. The number of hydrogen-bond donors (Lipinski definition) is 1. The molecular formula is C16H15N3S. The van der Waals surface area contributed by atoms with E-state index in [9.17, 15) is 0 Å². The van der Waals surface area contributed by atoms with Crippen LogP contribution in [0.25, 0.3) is 10.2 Å². The monoisotopic (exact) mass is 281 g/mol. The highest BCUT2D eigenvalue weighted by Gasteiger charge is 2.23. The topological polar surface area (TPSA) is 37.8 Å². The fourth-order valence-electron chi connectivity index (χ4n) is 2.88. The number of aromatic nitrogens is 2. The highest BCUT2D eigenvalue weighted by atomic mass is 32.1. The van der Waals surface area contributed by atoms with Crippen molar-refractivity contribution >= 4 is 27.2 Å². The first-order valence-corrected chi connectivity index (χ1v) is 7.69. The number of thiazole rings is 1. The first kappa shape index (κ1) is 11.9. The number of nitrogens with one attached hydrogen (secondary N) is 1. The number of nitrogens with zero attached hydrogens (tertiary/aromatic N) is 2. The number of hydrogen-bond acceptors (Lipinski definition) is 4. The molecule has 3 nitrogen and oxygen atoms in total. The van der Waals surface area contributed by atoms with Crippen molar-refractivity contribution in [2.75, 3.05) is 5.32 Å². The summed E-state index contributed by atoms with van der Waals surface area (Å²) in [4.78, 5) is 9.03. The number of fused-ring (bicyclic) bond motifs is 2. The molecule has 1 N–H and O–H groups in total. The third kappa shape index (κ3) is 1.96. The molecule has 1 aliphatic carbocycles. The van der Waals surface area contributed by atoms with Gasteiger partial charge in [-0.05, 0) is 49.6 Å². The van der Waals surface area contributed by atoms with Gasteiger partial charge in [0.15, 0.2) is 0 Å². The first-order chi connectivity index (χ1) is 9.79. The van der Waals surface area contributed by atoms with Gasteiger partial charge in [-0.1, -0.05) is 6.07 Å². The predicted octanol–water partition coefficient (Wildman–Crippen LogP) is 4.10. The van der Waals surface area contributed by atoms with Crippen molar-refractivity contribution in [3.63, 3.8) is 0 Å². The Balaban J connectivity index is 1.65. The summed E-state index contributed by atoms with van der Waals surface area (Å²) in [5.41, 5.74) is 4.82. The van der Waals surface area contributed by atoms with Crippen LogP contribution in [0.15, 0.2) is 36.5 Å². The summed E-state index contributed by atoms with van der Waals surface area (Å²) >= 11 is 1.74. The first-order valence-electron chi connectivity index (χ1n) is 6.87. The number of pyridine rings is 1. The van der Waals surface area contributed by atoms with Crippen molar-refractivity contribution in [1.82, 2.24) is 9.97 Å². The quantitative estimate of drug-likeness (QED) is 0.768. The van der Waals surface area contributed by atoms with Crippen LogP contribution in [0.2, 0.25) is 0 Å². The number of rotatable bonds is 2. The van der Waals surface area contributed by atoms with Gasteiger partial charge in [0.2, 0.25) is 0 Å². The Labute approximate surface area is 121 Å². The van der Waals surface area contributed by atoms with Crippen LogP contribution in [-0.4, -0.2) is 9.97 Å². The number of anilines is 1. The Morgan fingerprint density at radius 2 is 2.25 bits per heavy atom. The van der Waals surface area contributed by atoms with Gasteiger partial charge in [-0.25, -0.2) is 4.98 Å². The van der Waals surface area contributed by atoms with Crippen molar-refractivity contribution in [1.29, 1.82) is 0 Å². The van der Waals surface area contributed by atoms with Gasteiger partial charge in [0.05, 0.1) is 27.0 Å². The van der Waals surface area contributed by atoms with Crippen molar-refractivity contribution in [2.45, 2.75) is 25.8 Å². The molecular weight excluding hydrogens is 266 g/mol. The number of aryl methyl sites for hydroxylation is 2. The molecule has 0 aliphatic heterocycles. The van der Waals surface area contributed by atoms with E-state index in [4.69, 9.17) is 0 Å². The molecule has 1 aliphatic rings. The maximum atomic E-state index is 4.53. The minimum absolute atomic E-state index is 0.331. The third-order valence-electron chi connectivity index (χ3n) is 3.79. The zero-order valence-electron chi connectivity index (χ0n) is 11.3. The van der Waals surface area contributed by atoms with E-state index in [1.807, 2.05) is 12.3 Å². The zero-order chi connectivity index (χ0) is 13.5. The van der Waals surface area contributed by atoms with Crippen molar-refractivity contribution in [3.8, 4) is 0 Å². The lowest BCUT2D eigenvalue weighted by atomic mass is 10.2. The molecule has 4 heteroatoms. The maximum Gasteiger partial charge on any atom is 0.0907 e. The summed E-state index contributed by atoms with van der Waals surface area (Å²) in [6, 6.07) is 10.9. The van der Waals surface area contributed by atoms with E-state index in [0.717, 1.165) is 29.1 Å². The molecule has 100 valence electrons. The molecule has 0 bridgehead atoms. The van der Waals surface area contributed by atoms with Crippen molar-refractivity contribution in [2.24, 2.45) is 0 Å². The van der Waals surface area contributed by atoms with Gasteiger partial charge >= 0.3 is 0 Å². The molecule has 2 aromatic heterocycles. The van der Waals surface area contributed by atoms with Gasteiger partial charge in [-0.2, -0.15) is 0 Å². The van der Waals surface area contributed by atoms with Gasteiger partial charge < -0.3 is 5.32 Å². The molecule has 0 spiro atoms. The second kappa shape index (κ2) is 4.56. The van der Waals surface area contributed by atoms with E-state index >= 15 is 0 Å². The Hall–Kier alpha value is -1.94. The highest BCUT2D eigenvalue weighted by Crippen LogP contribution is 2.33. The van der Waals surface area contributed by atoms with Gasteiger partial charge in [0, 0.05) is 11.9 Å². The fraction of sp³-hybridized carbons (Fsp3) is 0.250. The summed E-state index contributed by atoms with van der Waals surface area (Å²) in [5.74, 6) is 0. The molecule has 1 aromatic carbocycles. The van der Waals surface area contributed by atoms with Gasteiger partial charge in [0.25, 0.3) is 0 Å². The molecule has 0 radical (unpaired) electrons. The van der Waals surface area contributed by atoms with E-state index in [1.54, 1.807) is 11.3 Å². The maximum absolute atomic E-state index is 4.53. The minimum Gasteiger partial charge on any atom is -0.377 e. The van der Waals surface area contributed by atoms with Crippen molar-refractivity contribution < 1.29 is 0 Å². The standard InChI is InChI=1S/C16H15N3S/c1-10-18-13-7-5-12(9-15(13)20-10)19-14-6-4-11-3-2-8-17-16(11)14/h2-3,5,7-9,14,19H,4,6H2,1H3. The minimum atomic E-state index is 0.331. The average Bonchev–Trinajstić information content (AvgIpc) is 3.02. The lowest BCUT2D eigenvalue weighted by Gasteiger charge is -2.14. The molecule has 0 amide bonds. The molecule has 3 aromatic rings. The smallest absolute Gasteiger partial charge is 0.0907 e. The summed E-state index contributed by atoms with van der Waals surface area (Å²) in [5, 5.41) is 4.73. The van der Waals surface area contributed by atoms with E-state index in [0.29, 0.717) is 6.04 Å². The van der Waals surface area contributed by atoms with Gasteiger partial charge in [-0.15, -0.1) is 11.3 Å². The van der Waals surface area contributed by atoms with Crippen LogP contribution >= 0.6 is 11.3 Å². The Kier molecular flexibility index (Phi) is 2.70. The lowest BCUT2D eigenvalue weighted by Crippen LogP contribution is -2.08. The van der Waals surface area contributed by atoms with Crippen LogP contribution in [0.3, 0.4) is 0 Å². The van der Waals surface area contributed by atoms with Crippen LogP contribution in [0.1, 0.15) is 28.7 Å². The fourth-order valence-corrected chi connectivity index (χ4v) is 3.75. The molecule has 2 heterocycles. The molecule has 20 heavy (non-hydrogen) atoms. The number of benzene rings is 1. The molecule has 0 saturated heterocycles.